The number of furan rings is 1. The van der Waals surface area contributed by atoms with Crippen molar-refractivity contribution in [2.75, 3.05) is 0 Å². The van der Waals surface area contributed by atoms with Gasteiger partial charge in [-0.1, -0.05) is 35.9 Å². The monoisotopic (exact) mass is 304 g/mol. The average Bonchev–Trinajstić information content (AvgIpc) is 2.88. The molecule has 0 aliphatic rings. The zero-order chi connectivity index (χ0) is 15.0. The van der Waals surface area contributed by atoms with E-state index in [1.165, 1.54) is 6.07 Å². The van der Waals surface area contributed by atoms with Crippen LogP contribution < -0.4 is 11.3 Å². The second-order valence-electron chi connectivity index (χ2n) is 4.88. The molecule has 3 N–H and O–H groups in total. The number of aryl methyl sites for hydroxylation is 1. The second kappa shape index (κ2) is 5.48. The van der Waals surface area contributed by atoms with Crippen LogP contribution in [0.1, 0.15) is 22.9 Å². The van der Waals surface area contributed by atoms with Crippen molar-refractivity contribution in [1.82, 2.24) is 5.43 Å². The van der Waals surface area contributed by atoms with E-state index in [1.807, 2.05) is 31.2 Å². The number of fused-ring (bicyclic) bond motifs is 1. The fourth-order valence-corrected chi connectivity index (χ4v) is 2.74. The lowest BCUT2D eigenvalue weighted by Gasteiger charge is -2.16. The Morgan fingerprint density at radius 1 is 1.24 bits per heavy atom. The van der Waals surface area contributed by atoms with Crippen molar-refractivity contribution in [3.63, 3.8) is 0 Å². The van der Waals surface area contributed by atoms with E-state index in [0.717, 1.165) is 16.5 Å². The summed E-state index contributed by atoms with van der Waals surface area (Å²) in [5.41, 5.74) is 4.63. The summed E-state index contributed by atoms with van der Waals surface area (Å²) in [6.45, 7) is 1.95. The quantitative estimate of drug-likeness (QED) is 0.566. The van der Waals surface area contributed by atoms with Crippen molar-refractivity contribution in [2.24, 2.45) is 5.84 Å². The fraction of sp³-hybridized carbons (Fsp3) is 0.125. The van der Waals surface area contributed by atoms with Crippen LogP contribution >= 0.6 is 11.6 Å². The Hall–Kier alpha value is -1.88. The van der Waals surface area contributed by atoms with Crippen LogP contribution in [0.4, 0.5) is 4.39 Å². The third kappa shape index (κ3) is 2.42. The lowest BCUT2D eigenvalue weighted by atomic mass is 10.0. The van der Waals surface area contributed by atoms with E-state index in [0.29, 0.717) is 10.8 Å². The Bertz CT molecular complexity index is 780. The number of nitrogens with one attached hydrogen (secondary N) is 1. The largest absolute Gasteiger partial charge is 0.459 e. The van der Waals surface area contributed by atoms with Crippen LogP contribution in [0.2, 0.25) is 5.02 Å². The maximum absolute atomic E-state index is 14.1. The predicted molar refractivity (Wildman–Crippen MR) is 81.5 cm³/mol. The molecule has 21 heavy (non-hydrogen) atoms. The lowest BCUT2D eigenvalue weighted by Crippen LogP contribution is -2.29. The van der Waals surface area contributed by atoms with Crippen LogP contribution in [0, 0.1) is 12.7 Å². The van der Waals surface area contributed by atoms with Gasteiger partial charge in [0.15, 0.2) is 0 Å². The van der Waals surface area contributed by atoms with Crippen molar-refractivity contribution in [1.29, 1.82) is 0 Å². The molecule has 0 aliphatic carbocycles. The highest BCUT2D eigenvalue weighted by Gasteiger charge is 2.23. The van der Waals surface area contributed by atoms with Crippen LogP contribution in [-0.2, 0) is 0 Å². The standard InChI is InChI=1S/C16H14ClFN2O/c1-9-4-2-5-10-8-13(21-16(9)10)15(20-19)14-11(17)6-3-7-12(14)18/h2-8,15,20H,19H2,1H3. The van der Waals surface area contributed by atoms with Crippen LogP contribution in [0.5, 0.6) is 0 Å². The second-order valence-corrected chi connectivity index (χ2v) is 5.28. The molecule has 108 valence electrons. The smallest absolute Gasteiger partial charge is 0.137 e. The molecule has 0 radical (unpaired) electrons. The number of hydrogen-bond donors (Lipinski definition) is 2. The van der Waals surface area contributed by atoms with E-state index in [9.17, 15) is 4.39 Å². The van der Waals surface area contributed by atoms with Crippen LogP contribution in [0.15, 0.2) is 46.9 Å². The average molecular weight is 305 g/mol. The molecule has 2 aromatic carbocycles. The summed E-state index contributed by atoms with van der Waals surface area (Å²) in [5.74, 6) is 5.69. The third-order valence-corrected chi connectivity index (χ3v) is 3.83. The molecular formula is C16H14ClFN2O. The first kappa shape index (κ1) is 14.1. The molecule has 3 rings (SSSR count). The van der Waals surface area contributed by atoms with Gasteiger partial charge in [0, 0.05) is 16.0 Å². The number of hydrazine groups is 1. The Balaban J connectivity index is 2.16. The summed E-state index contributed by atoms with van der Waals surface area (Å²) in [5, 5.41) is 1.24. The van der Waals surface area contributed by atoms with E-state index in [4.69, 9.17) is 21.9 Å². The molecule has 0 saturated heterocycles. The maximum atomic E-state index is 14.1. The van der Waals surface area contributed by atoms with E-state index in [1.54, 1.807) is 12.1 Å². The SMILES string of the molecule is Cc1cccc2cc(C(NN)c3c(F)cccc3Cl)oc12. The summed E-state index contributed by atoms with van der Waals surface area (Å²) >= 11 is 6.11. The Morgan fingerprint density at radius 3 is 2.67 bits per heavy atom. The molecule has 5 heteroatoms. The van der Waals surface area contributed by atoms with Crippen molar-refractivity contribution >= 4 is 22.6 Å². The molecule has 0 spiro atoms. The number of nitrogens with two attached hydrogens (primary N) is 1. The molecule has 0 saturated carbocycles. The summed E-state index contributed by atoms with van der Waals surface area (Å²) in [6, 6.07) is 11.6. The van der Waals surface area contributed by atoms with Crippen molar-refractivity contribution in [3.05, 3.63) is 70.2 Å². The first-order valence-electron chi connectivity index (χ1n) is 6.51. The minimum atomic E-state index is -0.648. The molecule has 3 aromatic rings. The topological polar surface area (TPSA) is 51.2 Å². The van der Waals surface area contributed by atoms with Gasteiger partial charge in [0.2, 0.25) is 0 Å². The van der Waals surface area contributed by atoms with Gasteiger partial charge in [-0.3, -0.25) is 5.84 Å². The zero-order valence-electron chi connectivity index (χ0n) is 11.4. The number of para-hydroxylation sites is 1. The van der Waals surface area contributed by atoms with E-state index in [-0.39, 0.29) is 5.56 Å². The van der Waals surface area contributed by atoms with Crippen LogP contribution in [0.3, 0.4) is 0 Å². The molecule has 0 amide bonds. The maximum Gasteiger partial charge on any atom is 0.137 e. The number of hydrogen-bond acceptors (Lipinski definition) is 3. The first-order valence-corrected chi connectivity index (χ1v) is 6.88. The Morgan fingerprint density at radius 2 is 2.00 bits per heavy atom. The summed E-state index contributed by atoms with van der Waals surface area (Å²) in [6.07, 6.45) is 0. The molecule has 3 nitrogen and oxygen atoms in total. The van der Waals surface area contributed by atoms with Crippen molar-refractivity contribution < 1.29 is 8.81 Å². The van der Waals surface area contributed by atoms with Gasteiger partial charge in [0.25, 0.3) is 0 Å². The zero-order valence-corrected chi connectivity index (χ0v) is 12.1. The van der Waals surface area contributed by atoms with E-state index >= 15 is 0 Å². The highest BCUT2D eigenvalue weighted by atomic mass is 35.5. The lowest BCUT2D eigenvalue weighted by molar-refractivity contribution is 0.462. The molecule has 1 aromatic heterocycles. The molecule has 1 atom stereocenters. The number of halogens is 2. The number of rotatable bonds is 3. The van der Waals surface area contributed by atoms with Gasteiger partial charge in [0.05, 0.1) is 0 Å². The fourth-order valence-electron chi connectivity index (χ4n) is 2.47. The third-order valence-electron chi connectivity index (χ3n) is 3.50. The summed E-state index contributed by atoms with van der Waals surface area (Å²) < 4.78 is 19.9. The number of benzene rings is 2. The molecule has 1 heterocycles. The van der Waals surface area contributed by atoms with Crippen molar-refractivity contribution in [2.45, 2.75) is 13.0 Å². The van der Waals surface area contributed by atoms with Gasteiger partial charge in [-0.15, -0.1) is 0 Å². The summed E-state index contributed by atoms with van der Waals surface area (Å²) in [7, 11) is 0. The van der Waals surface area contributed by atoms with Gasteiger partial charge >= 0.3 is 0 Å². The highest BCUT2D eigenvalue weighted by molar-refractivity contribution is 6.31. The Labute approximate surface area is 126 Å². The molecular weight excluding hydrogens is 291 g/mol. The van der Waals surface area contributed by atoms with Gasteiger partial charge in [-0.05, 0) is 30.7 Å². The molecule has 0 bridgehead atoms. The Kier molecular flexibility index (Phi) is 3.68. The summed E-state index contributed by atoms with van der Waals surface area (Å²) in [4.78, 5) is 0. The first-order chi connectivity index (χ1) is 10.1. The molecule has 0 fully saturated rings. The van der Waals surface area contributed by atoms with E-state index < -0.39 is 11.9 Å². The van der Waals surface area contributed by atoms with E-state index in [2.05, 4.69) is 5.43 Å². The molecule has 1 unspecified atom stereocenters. The minimum Gasteiger partial charge on any atom is -0.459 e. The van der Waals surface area contributed by atoms with Crippen molar-refractivity contribution in [3.8, 4) is 0 Å². The normalized spacial score (nSPS) is 12.8. The highest BCUT2D eigenvalue weighted by Crippen LogP contribution is 2.33. The van der Waals surface area contributed by atoms with Crippen LogP contribution in [0.25, 0.3) is 11.0 Å². The van der Waals surface area contributed by atoms with Gasteiger partial charge < -0.3 is 4.42 Å². The van der Waals surface area contributed by atoms with Gasteiger partial charge in [0.1, 0.15) is 23.2 Å². The van der Waals surface area contributed by atoms with Gasteiger partial charge in [-0.25, -0.2) is 9.82 Å². The van der Waals surface area contributed by atoms with Gasteiger partial charge in [-0.2, -0.15) is 0 Å². The van der Waals surface area contributed by atoms with Crippen LogP contribution in [-0.4, -0.2) is 0 Å². The molecule has 0 aliphatic heterocycles. The minimum absolute atomic E-state index is 0.276. The predicted octanol–water partition coefficient (Wildman–Crippen LogP) is 4.09.